The molecule has 1 unspecified atom stereocenters. The van der Waals surface area contributed by atoms with E-state index in [0.29, 0.717) is 17.7 Å². The molecule has 0 spiro atoms. The summed E-state index contributed by atoms with van der Waals surface area (Å²) in [6.45, 7) is 2.12. The number of methoxy groups -OCH3 is 1. The molecule has 0 saturated heterocycles. The molecule has 0 radical (unpaired) electrons. The zero-order valence-electron chi connectivity index (χ0n) is 12.4. The summed E-state index contributed by atoms with van der Waals surface area (Å²) < 4.78 is 5.18. The van der Waals surface area contributed by atoms with Crippen LogP contribution in [0.15, 0.2) is 6.07 Å². The highest BCUT2D eigenvalue weighted by molar-refractivity contribution is 5.32. The Morgan fingerprint density at radius 1 is 1.35 bits per heavy atom. The Bertz CT molecular complexity index is 420. The highest BCUT2D eigenvalue weighted by Crippen LogP contribution is 2.29. The van der Waals surface area contributed by atoms with Crippen molar-refractivity contribution in [2.24, 2.45) is 5.92 Å². The van der Waals surface area contributed by atoms with Gasteiger partial charge in [0, 0.05) is 24.4 Å². The minimum absolute atomic E-state index is 0.192. The van der Waals surface area contributed by atoms with Crippen molar-refractivity contribution < 1.29 is 9.84 Å². The lowest BCUT2D eigenvalue weighted by Gasteiger charge is -2.30. The van der Waals surface area contributed by atoms with Gasteiger partial charge in [-0.25, -0.2) is 4.98 Å². The van der Waals surface area contributed by atoms with Crippen LogP contribution in [0.25, 0.3) is 0 Å². The predicted molar refractivity (Wildman–Crippen MR) is 79.0 cm³/mol. The van der Waals surface area contributed by atoms with E-state index in [0.717, 1.165) is 12.1 Å². The highest BCUT2D eigenvalue weighted by Gasteiger charge is 2.24. The van der Waals surface area contributed by atoms with Crippen LogP contribution in [0.2, 0.25) is 0 Å². The second-order valence-electron chi connectivity index (χ2n) is 5.54. The molecular weight excluding hydrogens is 254 g/mol. The summed E-state index contributed by atoms with van der Waals surface area (Å²) in [5, 5.41) is 12.7. The van der Waals surface area contributed by atoms with Gasteiger partial charge in [0.2, 0.25) is 11.8 Å². The van der Waals surface area contributed by atoms with Crippen LogP contribution < -0.4 is 10.1 Å². The van der Waals surface area contributed by atoms with E-state index in [1.807, 2.05) is 13.0 Å². The smallest absolute Gasteiger partial charge is 0.226 e. The van der Waals surface area contributed by atoms with Gasteiger partial charge in [0.05, 0.1) is 7.11 Å². The Hall–Kier alpha value is -1.36. The summed E-state index contributed by atoms with van der Waals surface area (Å²) in [5.41, 5.74) is 0.880. The van der Waals surface area contributed by atoms with E-state index in [9.17, 15) is 5.11 Å². The van der Waals surface area contributed by atoms with Crippen LogP contribution in [-0.2, 0) is 0 Å². The van der Waals surface area contributed by atoms with Gasteiger partial charge in [-0.1, -0.05) is 19.3 Å². The fraction of sp³-hybridized carbons (Fsp3) is 0.733. The molecule has 2 rings (SSSR count). The zero-order chi connectivity index (χ0) is 14.4. The Morgan fingerprint density at radius 2 is 2.10 bits per heavy atom. The van der Waals surface area contributed by atoms with Gasteiger partial charge in [-0.3, -0.25) is 0 Å². The summed E-state index contributed by atoms with van der Waals surface area (Å²) in [4.78, 5) is 8.76. The summed E-state index contributed by atoms with van der Waals surface area (Å²) in [6, 6.07) is 2.05. The number of anilines is 1. The van der Waals surface area contributed by atoms with Crippen molar-refractivity contribution in [2.75, 3.05) is 19.0 Å². The quantitative estimate of drug-likeness (QED) is 0.837. The number of rotatable bonds is 6. The fourth-order valence-corrected chi connectivity index (χ4v) is 2.98. The molecule has 1 fully saturated rings. The Kier molecular flexibility index (Phi) is 5.59. The van der Waals surface area contributed by atoms with Crippen LogP contribution in [0, 0.1) is 12.8 Å². The second kappa shape index (κ2) is 7.43. The first-order valence-electron chi connectivity index (χ1n) is 7.50. The number of nitrogens with one attached hydrogen (secondary N) is 1. The predicted octanol–water partition coefficient (Wildman–Crippen LogP) is 2.54. The number of hydrogen-bond acceptors (Lipinski definition) is 5. The average Bonchev–Trinajstić information content (AvgIpc) is 2.47. The Morgan fingerprint density at radius 3 is 2.75 bits per heavy atom. The summed E-state index contributed by atoms with van der Waals surface area (Å²) in [5.74, 6) is 1.78. The topological polar surface area (TPSA) is 67.3 Å². The van der Waals surface area contributed by atoms with Crippen molar-refractivity contribution in [2.45, 2.75) is 51.5 Å². The standard InChI is InChI=1S/C15H25N3O2/c1-11-10-14(20-2)18-15(16-11)17-13(8-9-19)12-6-4-3-5-7-12/h10,12-13,19H,3-9H2,1-2H3,(H,16,17,18). The Labute approximate surface area is 120 Å². The lowest BCUT2D eigenvalue weighted by atomic mass is 9.83. The van der Waals surface area contributed by atoms with Crippen molar-refractivity contribution in [1.82, 2.24) is 9.97 Å². The number of hydrogen-bond donors (Lipinski definition) is 2. The minimum Gasteiger partial charge on any atom is -0.481 e. The molecule has 0 bridgehead atoms. The lowest BCUT2D eigenvalue weighted by Crippen LogP contribution is -2.32. The summed E-state index contributed by atoms with van der Waals surface area (Å²) >= 11 is 0. The van der Waals surface area contributed by atoms with Crippen LogP contribution in [0.4, 0.5) is 5.95 Å². The van der Waals surface area contributed by atoms with Gasteiger partial charge in [-0.15, -0.1) is 0 Å². The number of nitrogens with zero attached hydrogens (tertiary/aromatic N) is 2. The maximum absolute atomic E-state index is 9.30. The molecule has 1 aliphatic carbocycles. The monoisotopic (exact) mass is 279 g/mol. The van der Waals surface area contributed by atoms with Gasteiger partial charge < -0.3 is 15.2 Å². The molecule has 1 aromatic rings. The van der Waals surface area contributed by atoms with Crippen LogP contribution in [0.5, 0.6) is 5.88 Å². The van der Waals surface area contributed by atoms with Gasteiger partial charge in [-0.2, -0.15) is 4.98 Å². The minimum atomic E-state index is 0.192. The summed E-state index contributed by atoms with van der Waals surface area (Å²) in [7, 11) is 1.61. The first kappa shape index (κ1) is 15.0. The molecular formula is C15H25N3O2. The fourth-order valence-electron chi connectivity index (χ4n) is 2.98. The van der Waals surface area contributed by atoms with Crippen LogP contribution in [0.1, 0.15) is 44.2 Å². The van der Waals surface area contributed by atoms with E-state index in [2.05, 4.69) is 15.3 Å². The maximum atomic E-state index is 9.30. The molecule has 1 atom stereocenters. The lowest BCUT2D eigenvalue weighted by molar-refractivity contribution is 0.238. The van der Waals surface area contributed by atoms with Gasteiger partial charge in [0.15, 0.2) is 0 Å². The molecule has 1 heterocycles. The third kappa shape index (κ3) is 4.07. The normalized spacial score (nSPS) is 17.8. The van der Waals surface area contributed by atoms with Crippen LogP contribution >= 0.6 is 0 Å². The van der Waals surface area contributed by atoms with Crippen molar-refractivity contribution in [3.8, 4) is 5.88 Å². The van der Waals surface area contributed by atoms with Crippen LogP contribution in [-0.4, -0.2) is 34.8 Å². The number of aromatic nitrogens is 2. The third-order valence-electron chi connectivity index (χ3n) is 4.01. The second-order valence-corrected chi connectivity index (χ2v) is 5.54. The van der Waals surface area contributed by atoms with Gasteiger partial charge in [-0.05, 0) is 32.1 Å². The van der Waals surface area contributed by atoms with Gasteiger partial charge in [0.1, 0.15) is 0 Å². The molecule has 0 aliphatic heterocycles. The number of aliphatic hydroxyl groups is 1. The molecule has 112 valence electrons. The van der Waals surface area contributed by atoms with E-state index < -0.39 is 0 Å². The van der Waals surface area contributed by atoms with E-state index in [4.69, 9.17) is 4.74 Å². The molecule has 1 saturated carbocycles. The number of aliphatic hydroxyl groups excluding tert-OH is 1. The molecule has 0 amide bonds. The van der Waals surface area contributed by atoms with Crippen molar-refractivity contribution in [3.05, 3.63) is 11.8 Å². The van der Waals surface area contributed by atoms with Gasteiger partial charge in [0.25, 0.3) is 0 Å². The molecule has 1 aliphatic rings. The largest absolute Gasteiger partial charge is 0.481 e. The number of ether oxygens (including phenoxy) is 1. The first-order chi connectivity index (χ1) is 9.72. The zero-order valence-corrected chi connectivity index (χ0v) is 12.4. The van der Waals surface area contributed by atoms with E-state index in [-0.39, 0.29) is 12.6 Å². The van der Waals surface area contributed by atoms with Crippen molar-refractivity contribution >= 4 is 5.95 Å². The van der Waals surface area contributed by atoms with Crippen molar-refractivity contribution in [1.29, 1.82) is 0 Å². The first-order valence-corrected chi connectivity index (χ1v) is 7.50. The molecule has 2 N–H and O–H groups in total. The summed E-state index contributed by atoms with van der Waals surface area (Å²) in [6.07, 6.45) is 7.08. The van der Waals surface area contributed by atoms with E-state index >= 15 is 0 Å². The Balaban J connectivity index is 2.08. The SMILES string of the molecule is COc1cc(C)nc(NC(CCO)C2CCCCC2)n1. The maximum Gasteiger partial charge on any atom is 0.226 e. The molecule has 1 aromatic heterocycles. The molecule has 5 heteroatoms. The molecule has 0 aromatic carbocycles. The van der Waals surface area contributed by atoms with E-state index in [1.165, 1.54) is 32.1 Å². The third-order valence-corrected chi connectivity index (χ3v) is 4.01. The molecule has 20 heavy (non-hydrogen) atoms. The molecule has 5 nitrogen and oxygen atoms in total. The van der Waals surface area contributed by atoms with Crippen LogP contribution in [0.3, 0.4) is 0 Å². The van der Waals surface area contributed by atoms with Gasteiger partial charge >= 0.3 is 0 Å². The highest BCUT2D eigenvalue weighted by atomic mass is 16.5. The number of aryl methyl sites for hydroxylation is 1. The average molecular weight is 279 g/mol. The van der Waals surface area contributed by atoms with Crippen molar-refractivity contribution in [3.63, 3.8) is 0 Å². The van der Waals surface area contributed by atoms with E-state index in [1.54, 1.807) is 7.11 Å².